The number of methoxy groups -OCH3 is 1. The van der Waals surface area contributed by atoms with Gasteiger partial charge in [0.25, 0.3) is 5.91 Å². The van der Waals surface area contributed by atoms with Crippen molar-refractivity contribution in [2.45, 2.75) is 19.3 Å². The van der Waals surface area contributed by atoms with Crippen molar-refractivity contribution >= 4 is 17.8 Å². The summed E-state index contributed by atoms with van der Waals surface area (Å²) in [7, 11) is 1.61. The first-order chi connectivity index (χ1) is 10.3. The molecule has 112 valence electrons. The van der Waals surface area contributed by atoms with E-state index < -0.39 is 0 Å². The van der Waals surface area contributed by atoms with Gasteiger partial charge in [-0.15, -0.1) is 0 Å². The molecule has 2 N–H and O–H groups in total. The van der Waals surface area contributed by atoms with Gasteiger partial charge >= 0.3 is 0 Å². The Kier molecular flexibility index (Phi) is 5.82. The Balaban J connectivity index is 1.71. The topological polar surface area (TPSA) is 62.7 Å². The highest BCUT2D eigenvalue weighted by Gasteiger charge is 2.06. The first-order valence-corrected chi connectivity index (χ1v) is 7.13. The number of hydrogen-bond acceptors (Lipinski definition) is 4. The van der Waals surface area contributed by atoms with Gasteiger partial charge in [0.15, 0.2) is 0 Å². The lowest BCUT2D eigenvalue weighted by atomic mass is 9.96. The van der Waals surface area contributed by atoms with E-state index in [1.54, 1.807) is 7.11 Å². The van der Waals surface area contributed by atoms with E-state index in [0.29, 0.717) is 5.92 Å². The van der Waals surface area contributed by atoms with Crippen molar-refractivity contribution in [3.05, 3.63) is 36.4 Å². The van der Waals surface area contributed by atoms with E-state index in [1.165, 1.54) is 0 Å². The van der Waals surface area contributed by atoms with Crippen LogP contribution in [0.2, 0.25) is 0 Å². The van der Waals surface area contributed by atoms with Crippen molar-refractivity contribution in [3.8, 4) is 5.75 Å². The molecule has 0 fully saturated rings. The van der Waals surface area contributed by atoms with Crippen LogP contribution in [-0.4, -0.2) is 25.8 Å². The van der Waals surface area contributed by atoms with E-state index >= 15 is 0 Å². The monoisotopic (exact) mass is 287 g/mol. The highest BCUT2D eigenvalue weighted by atomic mass is 16.5. The van der Waals surface area contributed by atoms with Crippen LogP contribution in [0.15, 0.2) is 41.5 Å². The van der Waals surface area contributed by atoms with Gasteiger partial charge in [-0.3, -0.25) is 4.79 Å². The minimum Gasteiger partial charge on any atom is -0.497 e. The van der Waals surface area contributed by atoms with Crippen LogP contribution in [0.4, 0.5) is 5.69 Å². The zero-order chi connectivity index (χ0) is 14.9. The van der Waals surface area contributed by atoms with Crippen LogP contribution >= 0.6 is 0 Å². The molecule has 0 saturated heterocycles. The van der Waals surface area contributed by atoms with Crippen LogP contribution in [0.25, 0.3) is 0 Å². The third-order valence-electron chi connectivity index (χ3n) is 3.31. The molecule has 5 heteroatoms. The number of rotatable bonds is 6. The van der Waals surface area contributed by atoms with E-state index in [1.807, 2.05) is 30.5 Å². The number of ether oxygens (including phenoxy) is 1. The maximum absolute atomic E-state index is 11.7. The largest absolute Gasteiger partial charge is 0.497 e. The van der Waals surface area contributed by atoms with Gasteiger partial charge in [0.1, 0.15) is 5.75 Å². The maximum atomic E-state index is 11.7. The molecule has 1 aromatic rings. The number of anilines is 1. The Morgan fingerprint density at radius 3 is 3.14 bits per heavy atom. The lowest BCUT2D eigenvalue weighted by molar-refractivity contribution is -0.119. The molecule has 0 saturated carbocycles. The fraction of sp³-hybridized carbons (Fsp3) is 0.375. The number of hydrazone groups is 1. The van der Waals surface area contributed by atoms with Gasteiger partial charge in [0.2, 0.25) is 0 Å². The van der Waals surface area contributed by atoms with E-state index in [9.17, 15) is 4.79 Å². The molecular formula is C16H21N3O2. The molecule has 0 radical (unpaired) electrons. The van der Waals surface area contributed by atoms with E-state index in [2.05, 4.69) is 28.0 Å². The second-order valence-electron chi connectivity index (χ2n) is 4.94. The Labute approximate surface area is 125 Å². The van der Waals surface area contributed by atoms with Crippen molar-refractivity contribution in [1.82, 2.24) is 5.43 Å². The zero-order valence-electron chi connectivity index (χ0n) is 12.2. The molecule has 0 aromatic heterocycles. The molecule has 0 bridgehead atoms. The lowest BCUT2D eigenvalue weighted by Crippen LogP contribution is -2.26. The molecule has 1 aliphatic carbocycles. The molecule has 21 heavy (non-hydrogen) atoms. The van der Waals surface area contributed by atoms with Gasteiger partial charge < -0.3 is 10.1 Å². The third kappa shape index (κ3) is 5.30. The number of nitrogens with zero attached hydrogens (tertiary/aromatic N) is 1. The predicted molar refractivity (Wildman–Crippen MR) is 84.6 cm³/mol. The molecule has 0 heterocycles. The summed E-state index contributed by atoms with van der Waals surface area (Å²) in [6.45, 7) is 0.176. The number of carbonyl (C=O) groups excluding carboxylic acids is 1. The molecule has 5 nitrogen and oxygen atoms in total. The first kappa shape index (κ1) is 15.1. The second kappa shape index (κ2) is 8.09. The fourth-order valence-corrected chi connectivity index (χ4v) is 2.12. The van der Waals surface area contributed by atoms with Crippen molar-refractivity contribution in [2.75, 3.05) is 19.0 Å². The van der Waals surface area contributed by atoms with Gasteiger partial charge in [-0.25, -0.2) is 5.43 Å². The van der Waals surface area contributed by atoms with E-state index in [0.717, 1.165) is 30.7 Å². The van der Waals surface area contributed by atoms with E-state index in [-0.39, 0.29) is 12.5 Å². The summed E-state index contributed by atoms with van der Waals surface area (Å²) >= 11 is 0. The standard InChI is InChI=1S/C16H21N3O2/c1-21-15-9-5-8-14(10-15)17-12-16(20)19-18-11-13-6-3-2-4-7-13/h2-3,5,8-11,13,17H,4,6-7,12H2,1H3,(H,19,20)/b18-11-/t13-/m1/s1. The highest BCUT2D eigenvalue weighted by Crippen LogP contribution is 2.16. The maximum Gasteiger partial charge on any atom is 0.259 e. The summed E-state index contributed by atoms with van der Waals surface area (Å²) in [6, 6.07) is 7.44. The van der Waals surface area contributed by atoms with Gasteiger partial charge in [0.05, 0.1) is 13.7 Å². The number of carbonyl (C=O) groups is 1. The Morgan fingerprint density at radius 1 is 1.48 bits per heavy atom. The molecule has 2 rings (SSSR count). The second-order valence-corrected chi connectivity index (χ2v) is 4.94. The summed E-state index contributed by atoms with van der Waals surface area (Å²) in [5, 5.41) is 7.05. The minimum atomic E-state index is -0.166. The Hall–Kier alpha value is -2.30. The average Bonchev–Trinajstić information content (AvgIpc) is 2.54. The van der Waals surface area contributed by atoms with Crippen molar-refractivity contribution < 1.29 is 9.53 Å². The first-order valence-electron chi connectivity index (χ1n) is 7.13. The van der Waals surface area contributed by atoms with Crippen LogP contribution in [-0.2, 0) is 4.79 Å². The Bertz CT molecular complexity index is 526. The minimum absolute atomic E-state index is 0.166. The fourth-order valence-electron chi connectivity index (χ4n) is 2.12. The smallest absolute Gasteiger partial charge is 0.259 e. The summed E-state index contributed by atoms with van der Waals surface area (Å²) in [4.78, 5) is 11.7. The van der Waals surface area contributed by atoms with Crippen LogP contribution in [0, 0.1) is 5.92 Å². The summed E-state index contributed by atoms with van der Waals surface area (Å²) in [6.07, 6.45) is 9.35. The van der Waals surface area contributed by atoms with Gasteiger partial charge in [-0.1, -0.05) is 18.2 Å². The SMILES string of the molecule is COc1cccc(NCC(=O)N/N=C\[C@@H]2CC=CCC2)c1. The molecule has 1 aliphatic rings. The summed E-state index contributed by atoms with van der Waals surface area (Å²) in [5.41, 5.74) is 3.38. The predicted octanol–water partition coefficient (Wildman–Crippen LogP) is 2.57. The average molecular weight is 287 g/mol. The van der Waals surface area contributed by atoms with Crippen LogP contribution in [0.3, 0.4) is 0 Å². The number of benzene rings is 1. The molecule has 0 aliphatic heterocycles. The molecule has 0 unspecified atom stereocenters. The van der Waals surface area contributed by atoms with Crippen LogP contribution < -0.4 is 15.5 Å². The number of allylic oxidation sites excluding steroid dienone is 2. The van der Waals surface area contributed by atoms with Crippen LogP contribution in [0.1, 0.15) is 19.3 Å². The van der Waals surface area contributed by atoms with Gasteiger partial charge in [-0.2, -0.15) is 5.10 Å². The number of amides is 1. The third-order valence-corrected chi connectivity index (χ3v) is 3.31. The van der Waals surface area contributed by atoms with Crippen molar-refractivity contribution in [2.24, 2.45) is 11.0 Å². The zero-order valence-corrected chi connectivity index (χ0v) is 12.2. The molecule has 1 atom stereocenters. The molecule has 0 spiro atoms. The van der Waals surface area contributed by atoms with Crippen LogP contribution in [0.5, 0.6) is 5.75 Å². The van der Waals surface area contributed by atoms with Crippen molar-refractivity contribution in [1.29, 1.82) is 0 Å². The van der Waals surface area contributed by atoms with E-state index in [4.69, 9.17) is 4.74 Å². The molecule has 1 aromatic carbocycles. The summed E-state index contributed by atoms with van der Waals surface area (Å²) in [5.74, 6) is 1.02. The van der Waals surface area contributed by atoms with Crippen molar-refractivity contribution in [3.63, 3.8) is 0 Å². The van der Waals surface area contributed by atoms with Gasteiger partial charge in [0, 0.05) is 18.0 Å². The number of hydrogen-bond donors (Lipinski definition) is 2. The summed E-state index contributed by atoms with van der Waals surface area (Å²) < 4.78 is 5.12. The number of nitrogens with one attached hydrogen (secondary N) is 2. The Morgan fingerprint density at radius 2 is 2.38 bits per heavy atom. The quantitative estimate of drug-likeness (QED) is 0.480. The molecular weight excluding hydrogens is 266 g/mol. The van der Waals surface area contributed by atoms with Gasteiger partial charge in [-0.05, 0) is 37.3 Å². The molecule has 1 amide bonds. The highest BCUT2D eigenvalue weighted by molar-refractivity contribution is 5.81. The normalized spacial score (nSPS) is 17.7. The lowest BCUT2D eigenvalue weighted by Gasteiger charge is -2.12.